The zero-order valence-electron chi connectivity index (χ0n) is 15.5. The summed E-state index contributed by atoms with van der Waals surface area (Å²) in [6.45, 7) is 0. The first-order valence-electron chi connectivity index (χ1n) is 8.09. The van der Waals surface area contributed by atoms with Gasteiger partial charge in [0.2, 0.25) is 15.9 Å². The van der Waals surface area contributed by atoms with E-state index >= 15 is 0 Å². The van der Waals surface area contributed by atoms with E-state index in [-0.39, 0.29) is 22.6 Å². The number of hydrazine groups is 1. The fourth-order valence-electron chi connectivity index (χ4n) is 2.25. The second kappa shape index (κ2) is 8.81. The van der Waals surface area contributed by atoms with Crippen LogP contribution in [0, 0.1) is 5.82 Å². The van der Waals surface area contributed by atoms with Gasteiger partial charge in [-0.25, -0.2) is 17.1 Å². The Morgan fingerprint density at radius 2 is 1.71 bits per heavy atom. The van der Waals surface area contributed by atoms with Gasteiger partial charge in [-0.3, -0.25) is 20.4 Å². The van der Waals surface area contributed by atoms with Gasteiger partial charge in [-0.05, 0) is 35.9 Å². The fourth-order valence-corrected chi connectivity index (χ4v) is 3.32. The highest BCUT2D eigenvalue weighted by molar-refractivity contribution is 7.89. The highest BCUT2D eigenvalue weighted by Gasteiger charge is 2.24. The number of methoxy groups -OCH3 is 1. The second-order valence-corrected chi connectivity index (χ2v) is 8.08. The van der Waals surface area contributed by atoms with Crippen LogP contribution in [0.3, 0.4) is 0 Å². The van der Waals surface area contributed by atoms with Crippen LogP contribution in [0.25, 0.3) is 0 Å². The summed E-state index contributed by atoms with van der Waals surface area (Å²) in [5.41, 5.74) is 5.03. The van der Waals surface area contributed by atoms with Crippen LogP contribution < -0.4 is 15.6 Å². The molecule has 0 aromatic heterocycles. The molecule has 0 aliphatic heterocycles. The van der Waals surface area contributed by atoms with Crippen LogP contribution in [0.15, 0.2) is 47.4 Å². The van der Waals surface area contributed by atoms with E-state index < -0.39 is 27.7 Å². The number of carbonyl (C=O) groups is 2. The van der Waals surface area contributed by atoms with Gasteiger partial charge >= 0.3 is 0 Å². The normalized spacial score (nSPS) is 11.2. The lowest BCUT2D eigenvalue weighted by molar-refractivity contribution is -0.121. The Morgan fingerprint density at radius 1 is 1.07 bits per heavy atom. The lowest BCUT2D eigenvalue weighted by atomic mass is 10.1. The zero-order chi connectivity index (χ0) is 20.9. The van der Waals surface area contributed by atoms with Crippen LogP contribution in [0.4, 0.5) is 4.39 Å². The minimum Gasteiger partial charge on any atom is -0.495 e. The summed E-state index contributed by atoms with van der Waals surface area (Å²) in [7, 11) is 0.195. The minimum atomic E-state index is -3.84. The second-order valence-electron chi connectivity index (χ2n) is 5.96. The van der Waals surface area contributed by atoms with Crippen molar-refractivity contribution in [3.63, 3.8) is 0 Å². The summed E-state index contributed by atoms with van der Waals surface area (Å²) >= 11 is 0. The maximum atomic E-state index is 12.9. The number of rotatable bonds is 6. The molecule has 8 nitrogen and oxygen atoms in total. The van der Waals surface area contributed by atoms with Crippen LogP contribution in [0.1, 0.15) is 15.9 Å². The number of benzene rings is 2. The Kier molecular flexibility index (Phi) is 6.71. The first-order valence-corrected chi connectivity index (χ1v) is 9.53. The summed E-state index contributed by atoms with van der Waals surface area (Å²) in [5, 5.41) is 0. The predicted octanol–water partition coefficient (Wildman–Crippen LogP) is 1.09. The van der Waals surface area contributed by atoms with Gasteiger partial charge in [-0.15, -0.1) is 0 Å². The Labute approximate surface area is 162 Å². The third kappa shape index (κ3) is 5.05. The third-order valence-corrected chi connectivity index (χ3v) is 5.61. The van der Waals surface area contributed by atoms with Gasteiger partial charge in [0, 0.05) is 19.7 Å². The molecule has 0 saturated heterocycles. The third-order valence-electron chi connectivity index (χ3n) is 3.78. The molecule has 2 rings (SSSR count). The van der Waals surface area contributed by atoms with Crippen molar-refractivity contribution in [3.05, 3.63) is 59.4 Å². The first-order chi connectivity index (χ1) is 13.1. The Bertz CT molecular complexity index is 975. The van der Waals surface area contributed by atoms with E-state index in [0.29, 0.717) is 5.56 Å². The number of halogens is 1. The molecule has 2 aromatic carbocycles. The van der Waals surface area contributed by atoms with Crippen molar-refractivity contribution in [2.24, 2.45) is 0 Å². The number of hydrogen-bond acceptors (Lipinski definition) is 5. The molecule has 0 spiro atoms. The van der Waals surface area contributed by atoms with Crippen LogP contribution in [0.5, 0.6) is 5.75 Å². The van der Waals surface area contributed by atoms with Crippen molar-refractivity contribution in [3.8, 4) is 5.75 Å². The molecule has 0 aliphatic carbocycles. The number of hydrogen-bond donors (Lipinski definition) is 2. The monoisotopic (exact) mass is 409 g/mol. The average Bonchev–Trinajstić information content (AvgIpc) is 2.67. The molecular weight excluding hydrogens is 389 g/mol. The topological polar surface area (TPSA) is 105 Å². The van der Waals surface area contributed by atoms with Gasteiger partial charge in [-0.1, -0.05) is 12.1 Å². The molecule has 0 saturated carbocycles. The Morgan fingerprint density at radius 3 is 2.29 bits per heavy atom. The number of ether oxygens (including phenoxy) is 1. The predicted molar refractivity (Wildman–Crippen MR) is 99.6 cm³/mol. The number of sulfonamides is 1. The SMILES string of the molecule is COc1ccc(C(=O)NNC(=O)Cc2ccc(F)cc2)cc1S(=O)(=O)N(C)C. The van der Waals surface area contributed by atoms with Crippen molar-refractivity contribution >= 4 is 21.8 Å². The standard InChI is InChI=1S/C18H20FN3O5S/c1-22(2)28(25,26)16-11-13(6-9-15(16)27-3)18(24)21-20-17(23)10-12-4-7-14(19)8-5-12/h4-9,11H,10H2,1-3H3,(H,20,23)(H,21,24). The Hall–Kier alpha value is -2.98. The number of amides is 2. The van der Waals surface area contributed by atoms with Gasteiger partial charge in [0.05, 0.1) is 13.5 Å². The van der Waals surface area contributed by atoms with Crippen molar-refractivity contribution in [2.75, 3.05) is 21.2 Å². The smallest absolute Gasteiger partial charge is 0.269 e. The molecule has 0 unspecified atom stereocenters. The molecule has 0 atom stereocenters. The van der Waals surface area contributed by atoms with Gasteiger partial charge in [0.25, 0.3) is 5.91 Å². The molecule has 2 aromatic rings. The largest absolute Gasteiger partial charge is 0.495 e. The molecule has 0 fully saturated rings. The van der Waals surface area contributed by atoms with Crippen LogP contribution in [-0.4, -0.2) is 45.7 Å². The molecule has 0 heterocycles. The highest BCUT2D eigenvalue weighted by atomic mass is 32.2. The highest BCUT2D eigenvalue weighted by Crippen LogP contribution is 2.26. The molecule has 0 aliphatic rings. The van der Waals surface area contributed by atoms with Crippen LogP contribution >= 0.6 is 0 Å². The number of nitrogens with zero attached hydrogens (tertiary/aromatic N) is 1. The van der Waals surface area contributed by atoms with Gasteiger partial charge < -0.3 is 4.74 Å². The summed E-state index contributed by atoms with van der Waals surface area (Å²) in [4.78, 5) is 24.0. The lowest BCUT2D eigenvalue weighted by Crippen LogP contribution is -2.42. The fraction of sp³-hybridized carbons (Fsp3) is 0.222. The quantitative estimate of drug-likeness (QED) is 0.695. The summed E-state index contributed by atoms with van der Waals surface area (Å²) < 4.78 is 43.7. The van der Waals surface area contributed by atoms with Crippen molar-refractivity contribution in [2.45, 2.75) is 11.3 Å². The molecule has 150 valence electrons. The molecule has 28 heavy (non-hydrogen) atoms. The lowest BCUT2D eigenvalue weighted by Gasteiger charge is -2.15. The molecule has 10 heteroatoms. The van der Waals surface area contributed by atoms with Crippen molar-refractivity contribution < 1.29 is 27.1 Å². The van der Waals surface area contributed by atoms with E-state index in [0.717, 1.165) is 10.4 Å². The van der Waals surface area contributed by atoms with Gasteiger partial charge in [0.1, 0.15) is 16.5 Å². The van der Waals surface area contributed by atoms with Gasteiger partial charge in [0.15, 0.2) is 0 Å². The van der Waals surface area contributed by atoms with E-state index in [1.54, 1.807) is 0 Å². The van der Waals surface area contributed by atoms with E-state index in [9.17, 15) is 22.4 Å². The van der Waals surface area contributed by atoms with E-state index in [4.69, 9.17) is 4.74 Å². The summed E-state index contributed by atoms with van der Waals surface area (Å²) in [5.74, 6) is -1.55. The average molecular weight is 409 g/mol. The van der Waals surface area contributed by atoms with E-state index in [1.807, 2.05) is 0 Å². The van der Waals surface area contributed by atoms with Crippen LogP contribution in [0.2, 0.25) is 0 Å². The van der Waals surface area contributed by atoms with Gasteiger partial charge in [-0.2, -0.15) is 0 Å². The molecule has 2 N–H and O–H groups in total. The minimum absolute atomic E-state index is 0.0170. The molecular formula is C18H20FN3O5S. The van der Waals surface area contributed by atoms with Crippen molar-refractivity contribution in [1.29, 1.82) is 0 Å². The number of nitrogens with one attached hydrogen (secondary N) is 2. The number of carbonyl (C=O) groups excluding carboxylic acids is 2. The maximum absolute atomic E-state index is 12.9. The summed E-state index contributed by atoms with van der Waals surface area (Å²) in [6, 6.07) is 9.25. The molecule has 2 amide bonds. The zero-order valence-corrected chi connectivity index (χ0v) is 16.3. The van der Waals surface area contributed by atoms with E-state index in [1.165, 1.54) is 57.6 Å². The van der Waals surface area contributed by atoms with Crippen molar-refractivity contribution in [1.82, 2.24) is 15.2 Å². The first kappa shape index (κ1) is 21.3. The molecule has 0 radical (unpaired) electrons. The Balaban J connectivity index is 2.09. The van der Waals surface area contributed by atoms with E-state index in [2.05, 4.69) is 10.9 Å². The maximum Gasteiger partial charge on any atom is 0.269 e. The summed E-state index contributed by atoms with van der Waals surface area (Å²) in [6.07, 6.45) is -0.0660. The van der Waals surface area contributed by atoms with Crippen LogP contribution in [-0.2, 0) is 21.2 Å². The molecule has 0 bridgehead atoms.